The molecular weight excluding hydrogens is 390 g/mol. The molecule has 2 bridgehead atoms. The van der Waals surface area contributed by atoms with Gasteiger partial charge in [0.05, 0.1) is 29.6 Å². The van der Waals surface area contributed by atoms with Gasteiger partial charge in [0.15, 0.2) is 5.75 Å². The zero-order valence-electron chi connectivity index (χ0n) is 16.4. The van der Waals surface area contributed by atoms with Gasteiger partial charge in [0.25, 0.3) is 11.8 Å². The van der Waals surface area contributed by atoms with E-state index >= 15 is 0 Å². The summed E-state index contributed by atoms with van der Waals surface area (Å²) in [4.78, 5) is 36.4. The Hall–Kier alpha value is -3.49. The molecule has 0 N–H and O–H groups in total. The van der Waals surface area contributed by atoms with Crippen LogP contribution in [0.3, 0.4) is 0 Å². The van der Waals surface area contributed by atoms with Gasteiger partial charge < -0.3 is 9.47 Å². The van der Waals surface area contributed by atoms with E-state index in [1.54, 1.807) is 6.92 Å². The second-order valence-electron chi connectivity index (χ2n) is 7.39. The molecule has 2 fully saturated rings. The Kier molecular flexibility index (Phi) is 5.11. The lowest BCUT2D eigenvalue weighted by atomic mass is 9.85. The van der Waals surface area contributed by atoms with Crippen LogP contribution >= 0.6 is 0 Å². The fraction of sp³-hybridized carbons (Fsp3) is 0.381. The molecule has 4 rings (SSSR count). The van der Waals surface area contributed by atoms with Crippen LogP contribution in [0.25, 0.3) is 0 Å². The fourth-order valence-electron chi connectivity index (χ4n) is 4.49. The van der Waals surface area contributed by atoms with Gasteiger partial charge in [-0.1, -0.05) is 24.8 Å². The number of amides is 2. The molecule has 2 amide bonds. The van der Waals surface area contributed by atoms with Crippen molar-refractivity contribution in [3.8, 4) is 11.5 Å². The van der Waals surface area contributed by atoms with Crippen LogP contribution in [0, 0.1) is 33.8 Å². The van der Waals surface area contributed by atoms with Gasteiger partial charge in [0.1, 0.15) is 6.61 Å². The lowest BCUT2D eigenvalue weighted by molar-refractivity contribution is -0.385. The smallest absolute Gasteiger partial charge is 0.315 e. The highest BCUT2D eigenvalue weighted by molar-refractivity contribution is 6.06. The largest absolute Gasteiger partial charge is 0.490 e. The number of ether oxygens (including phenoxy) is 2. The molecule has 0 radical (unpaired) electrons. The van der Waals surface area contributed by atoms with Crippen LogP contribution < -0.4 is 9.47 Å². The summed E-state index contributed by atoms with van der Waals surface area (Å²) >= 11 is 0. The number of carbonyl (C=O) groups is 2. The molecular formula is C21H21N3O6. The molecule has 9 heteroatoms. The average Bonchev–Trinajstić information content (AvgIpc) is 3.40. The maximum atomic E-state index is 12.7. The van der Waals surface area contributed by atoms with Gasteiger partial charge in [0, 0.05) is 11.6 Å². The SMILES string of the molecule is C=CCOc1c(OCC)cc(C=NN2C(=O)C3C4C=CC(C4)C3C2=O)cc1[N+](=O)[O-]. The third-order valence-electron chi connectivity index (χ3n) is 5.67. The number of hydrogen-bond acceptors (Lipinski definition) is 7. The highest BCUT2D eigenvalue weighted by Crippen LogP contribution is 2.52. The Morgan fingerprint density at radius 2 is 1.90 bits per heavy atom. The van der Waals surface area contributed by atoms with Crippen LogP contribution in [0.5, 0.6) is 11.5 Å². The lowest BCUT2D eigenvalue weighted by Gasteiger charge is -2.13. The molecule has 1 aliphatic heterocycles. The molecule has 30 heavy (non-hydrogen) atoms. The van der Waals surface area contributed by atoms with E-state index in [0.717, 1.165) is 11.4 Å². The zero-order valence-corrected chi connectivity index (χ0v) is 16.4. The van der Waals surface area contributed by atoms with Crippen LogP contribution in [0.2, 0.25) is 0 Å². The number of carbonyl (C=O) groups excluding carboxylic acids is 2. The van der Waals surface area contributed by atoms with E-state index in [1.807, 2.05) is 12.2 Å². The molecule has 1 aromatic rings. The lowest BCUT2D eigenvalue weighted by Crippen LogP contribution is -2.28. The van der Waals surface area contributed by atoms with Gasteiger partial charge in [-0.2, -0.15) is 10.1 Å². The van der Waals surface area contributed by atoms with Crippen molar-refractivity contribution < 1.29 is 24.0 Å². The van der Waals surface area contributed by atoms with Crippen LogP contribution in [0.4, 0.5) is 5.69 Å². The van der Waals surface area contributed by atoms with E-state index in [2.05, 4.69) is 11.7 Å². The Balaban J connectivity index is 1.63. The number of nitro benzene ring substituents is 1. The zero-order chi connectivity index (χ0) is 21.4. The van der Waals surface area contributed by atoms with Gasteiger partial charge >= 0.3 is 5.69 Å². The van der Waals surface area contributed by atoms with Crippen molar-refractivity contribution in [3.05, 3.63) is 52.6 Å². The minimum Gasteiger partial charge on any atom is -0.490 e. The molecule has 4 unspecified atom stereocenters. The molecule has 1 aromatic carbocycles. The number of fused-ring (bicyclic) bond motifs is 5. The number of rotatable bonds is 8. The standard InChI is InChI=1S/C21H21N3O6/c1-3-7-30-19-15(24(27)28)8-12(9-16(19)29-4-2)11-22-23-20(25)17-13-5-6-14(10-13)18(17)21(23)26/h3,5-6,8-9,11,13-14,17-18H,1,4,7,10H2,2H3. The Labute approximate surface area is 172 Å². The predicted octanol–water partition coefficient (Wildman–Crippen LogP) is 2.70. The number of imide groups is 1. The summed E-state index contributed by atoms with van der Waals surface area (Å²) in [7, 11) is 0. The van der Waals surface area contributed by atoms with Crippen LogP contribution in [0.15, 0.2) is 42.0 Å². The van der Waals surface area contributed by atoms with E-state index in [4.69, 9.17) is 9.47 Å². The molecule has 4 atom stereocenters. The quantitative estimate of drug-likeness (QED) is 0.214. The highest BCUT2D eigenvalue weighted by atomic mass is 16.6. The average molecular weight is 411 g/mol. The van der Waals surface area contributed by atoms with E-state index in [9.17, 15) is 19.7 Å². The summed E-state index contributed by atoms with van der Waals surface area (Å²) in [5.41, 5.74) is 0.0114. The molecule has 1 heterocycles. The van der Waals surface area contributed by atoms with Crippen molar-refractivity contribution in [2.45, 2.75) is 13.3 Å². The third-order valence-corrected chi connectivity index (χ3v) is 5.67. The van der Waals surface area contributed by atoms with Crippen LogP contribution in [0.1, 0.15) is 18.9 Å². The van der Waals surface area contributed by atoms with Gasteiger partial charge in [-0.05, 0) is 31.2 Å². The second-order valence-corrected chi connectivity index (χ2v) is 7.39. The van der Waals surface area contributed by atoms with Gasteiger partial charge in [-0.15, -0.1) is 0 Å². The first kappa shape index (κ1) is 19.8. The molecule has 3 aliphatic rings. The third kappa shape index (κ3) is 3.16. The van der Waals surface area contributed by atoms with Crippen molar-refractivity contribution in [1.29, 1.82) is 0 Å². The predicted molar refractivity (Wildman–Crippen MR) is 107 cm³/mol. The van der Waals surface area contributed by atoms with Crippen molar-refractivity contribution in [2.24, 2.45) is 28.8 Å². The molecule has 0 aromatic heterocycles. The first-order valence-corrected chi connectivity index (χ1v) is 9.75. The Bertz CT molecular complexity index is 955. The van der Waals surface area contributed by atoms with Gasteiger partial charge in [-0.3, -0.25) is 19.7 Å². The summed E-state index contributed by atoms with van der Waals surface area (Å²) in [6.45, 7) is 5.62. The van der Waals surface area contributed by atoms with Gasteiger partial charge in [-0.25, -0.2) is 0 Å². The first-order valence-electron chi connectivity index (χ1n) is 9.75. The Morgan fingerprint density at radius 1 is 1.23 bits per heavy atom. The number of benzene rings is 1. The van der Waals surface area contributed by atoms with Crippen molar-refractivity contribution >= 4 is 23.7 Å². The van der Waals surface area contributed by atoms with Crippen molar-refractivity contribution in [1.82, 2.24) is 5.01 Å². The fourth-order valence-corrected chi connectivity index (χ4v) is 4.49. The second kappa shape index (κ2) is 7.74. The summed E-state index contributed by atoms with van der Waals surface area (Å²) in [5.74, 6) is -1.00. The minimum absolute atomic E-state index is 0.00981. The topological polar surface area (TPSA) is 111 Å². The maximum absolute atomic E-state index is 12.7. The van der Waals surface area contributed by atoms with Crippen LogP contribution in [-0.4, -0.2) is 41.2 Å². The van der Waals surface area contributed by atoms with E-state index in [1.165, 1.54) is 24.4 Å². The van der Waals surface area contributed by atoms with Crippen molar-refractivity contribution in [3.63, 3.8) is 0 Å². The van der Waals surface area contributed by atoms with Crippen molar-refractivity contribution in [2.75, 3.05) is 13.2 Å². The number of nitrogens with zero attached hydrogens (tertiary/aromatic N) is 3. The molecule has 9 nitrogen and oxygen atoms in total. The Morgan fingerprint density at radius 3 is 2.47 bits per heavy atom. The maximum Gasteiger partial charge on any atom is 0.315 e. The number of hydrogen-bond donors (Lipinski definition) is 0. The van der Waals surface area contributed by atoms with E-state index in [0.29, 0.717) is 5.56 Å². The molecule has 1 saturated heterocycles. The first-order chi connectivity index (χ1) is 14.5. The summed E-state index contributed by atoms with van der Waals surface area (Å²) in [6.07, 6.45) is 7.57. The van der Waals surface area contributed by atoms with E-state index < -0.39 is 4.92 Å². The highest BCUT2D eigenvalue weighted by Gasteiger charge is 2.59. The molecule has 0 spiro atoms. The molecule has 156 valence electrons. The molecule has 1 saturated carbocycles. The number of nitro groups is 1. The van der Waals surface area contributed by atoms with Gasteiger partial charge in [0.2, 0.25) is 5.75 Å². The monoisotopic (exact) mass is 411 g/mol. The minimum atomic E-state index is -0.585. The summed E-state index contributed by atoms with van der Waals surface area (Å²) in [5, 5.41) is 16.5. The summed E-state index contributed by atoms with van der Waals surface area (Å²) < 4.78 is 10.9. The number of hydrazone groups is 1. The summed E-state index contributed by atoms with van der Waals surface area (Å²) in [6, 6.07) is 2.79. The van der Waals surface area contributed by atoms with Crippen LogP contribution in [-0.2, 0) is 9.59 Å². The van der Waals surface area contributed by atoms with E-state index in [-0.39, 0.29) is 65.9 Å². The molecule has 2 aliphatic carbocycles. The normalized spacial score (nSPS) is 26.5. The number of allylic oxidation sites excluding steroid dienone is 2.